The van der Waals surface area contributed by atoms with Crippen LogP contribution >= 0.6 is 11.3 Å². The van der Waals surface area contributed by atoms with Crippen LogP contribution in [0.2, 0.25) is 0 Å². The van der Waals surface area contributed by atoms with Crippen LogP contribution in [0, 0.1) is 6.92 Å². The third kappa shape index (κ3) is 5.34. The van der Waals surface area contributed by atoms with Crippen LogP contribution < -0.4 is 10.6 Å². The lowest BCUT2D eigenvalue weighted by Crippen LogP contribution is -2.30. The first-order valence-corrected chi connectivity index (χ1v) is 9.78. The molecule has 0 atom stereocenters. The standard InChI is InChI=1S/C20H23N5OS/c1-13(2)19-24-17(12-27-19)7-9-22-20(26)25-16-6-4-5-15(11-16)18-8-10-21-14(3)23-18/h4-6,8,10-13H,7,9H2,1-3H3,(H2,22,25,26). The molecule has 0 spiro atoms. The minimum atomic E-state index is -0.231. The highest BCUT2D eigenvalue weighted by Crippen LogP contribution is 2.21. The van der Waals surface area contributed by atoms with E-state index in [1.807, 2.05) is 37.3 Å². The monoisotopic (exact) mass is 381 g/mol. The molecule has 0 unspecified atom stereocenters. The lowest BCUT2D eigenvalue weighted by Gasteiger charge is -2.09. The second kappa shape index (κ2) is 8.73. The number of anilines is 1. The summed E-state index contributed by atoms with van der Waals surface area (Å²) in [6.07, 6.45) is 2.45. The van der Waals surface area contributed by atoms with Gasteiger partial charge in [-0.05, 0) is 25.1 Å². The Hall–Kier alpha value is -2.80. The SMILES string of the molecule is Cc1nccc(-c2cccc(NC(=O)NCCc3csc(C(C)C)n3)c2)n1. The van der Waals surface area contributed by atoms with Gasteiger partial charge >= 0.3 is 6.03 Å². The maximum absolute atomic E-state index is 12.2. The molecule has 0 aliphatic rings. The minimum absolute atomic E-state index is 0.231. The van der Waals surface area contributed by atoms with Gasteiger partial charge in [0.1, 0.15) is 5.82 Å². The van der Waals surface area contributed by atoms with Gasteiger partial charge in [0.15, 0.2) is 0 Å². The predicted octanol–water partition coefficient (Wildman–Crippen LogP) is 4.40. The fraction of sp³-hybridized carbons (Fsp3) is 0.300. The summed E-state index contributed by atoms with van der Waals surface area (Å²) in [6, 6.07) is 9.23. The van der Waals surface area contributed by atoms with Gasteiger partial charge in [0.2, 0.25) is 0 Å². The lowest BCUT2D eigenvalue weighted by atomic mass is 10.1. The largest absolute Gasteiger partial charge is 0.337 e. The van der Waals surface area contributed by atoms with Crippen molar-refractivity contribution in [2.75, 3.05) is 11.9 Å². The number of aryl methyl sites for hydroxylation is 1. The fourth-order valence-corrected chi connectivity index (χ4v) is 3.42. The number of rotatable bonds is 6. The molecule has 140 valence electrons. The van der Waals surface area contributed by atoms with E-state index in [4.69, 9.17) is 0 Å². The van der Waals surface area contributed by atoms with Crippen LogP contribution in [0.4, 0.5) is 10.5 Å². The molecule has 0 saturated heterocycles. The summed E-state index contributed by atoms with van der Waals surface area (Å²) < 4.78 is 0. The highest BCUT2D eigenvalue weighted by Gasteiger charge is 2.07. The fourth-order valence-electron chi connectivity index (χ4n) is 2.56. The second-order valence-corrected chi connectivity index (χ2v) is 7.42. The van der Waals surface area contributed by atoms with E-state index in [1.165, 1.54) is 0 Å². The van der Waals surface area contributed by atoms with E-state index < -0.39 is 0 Å². The summed E-state index contributed by atoms with van der Waals surface area (Å²) in [4.78, 5) is 25.3. The number of nitrogens with zero attached hydrogens (tertiary/aromatic N) is 3. The first-order valence-electron chi connectivity index (χ1n) is 8.90. The van der Waals surface area contributed by atoms with Crippen molar-refractivity contribution >= 4 is 23.1 Å². The van der Waals surface area contributed by atoms with Gasteiger partial charge in [-0.2, -0.15) is 0 Å². The summed E-state index contributed by atoms with van der Waals surface area (Å²) in [5.74, 6) is 1.15. The van der Waals surface area contributed by atoms with Gasteiger partial charge in [-0.3, -0.25) is 0 Å². The minimum Gasteiger partial charge on any atom is -0.337 e. The van der Waals surface area contributed by atoms with Crippen molar-refractivity contribution in [3.63, 3.8) is 0 Å². The van der Waals surface area contributed by atoms with Crippen LogP contribution in [-0.2, 0) is 6.42 Å². The summed E-state index contributed by atoms with van der Waals surface area (Å²) >= 11 is 1.67. The maximum atomic E-state index is 12.2. The number of hydrogen-bond acceptors (Lipinski definition) is 5. The lowest BCUT2D eigenvalue weighted by molar-refractivity contribution is 0.252. The Balaban J connectivity index is 1.54. The molecular formula is C20H23N5OS. The molecule has 7 heteroatoms. The Morgan fingerprint density at radius 2 is 2.07 bits per heavy atom. The predicted molar refractivity (Wildman–Crippen MR) is 109 cm³/mol. The molecule has 27 heavy (non-hydrogen) atoms. The average molecular weight is 382 g/mol. The third-order valence-corrected chi connectivity index (χ3v) is 5.12. The van der Waals surface area contributed by atoms with Crippen molar-refractivity contribution in [1.82, 2.24) is 20.3 Å². The van der Waals surface area contributed by atoms with Crippen LogP contribution in [0.25, 0.3) is 11.3 Å². The van der Waals surface area contributed by atoms with E-state index in [0.717, 1.165) is 34.1 Å². The highest BCUT2D eigenvalue weighted by atomic mass is 32.1. The topological polar surface area (TPSA) is 79.8 Å². The number of nitrogens with one attached hydrogen (secondary N) is 2. The van der Waals surface area contributed by atoms with E-state index in [0.29, 0.717) is 18.3 Å². The van der Waals surface area contributed by atoms with Gasteiger partial charge in [-0.15, -0.1) is 11.3 Å². The van der Waals surface area contributed by atoms with Crippen molar-refractivity contribution in [3.05, 3.63) is 58.4 Å². The quantitative estimate of drug-likeness (QED) is 0.663. The van der Waals surface area contributed by atoms with E-state index in [-0.39, 0.29) is 6.03 Å². The Bertz CT molecular complexity index is 922. The first-order chi connectivity index (χ1) is 13.0. The number of carbonyl (C=O) groups is 1. The van der Waals surface area contributed by atoms with Crippen molar-refractivity contribution in [2.45, 2.75) is 33.1 Å². The van der Waals surface area contributed by atoms with Gasteiger partial charge in [-0.25, -0.2) is 19.7 Å². The summed E-state index contributed by atoms with van der Waals surface area (Å²) in [6.45, 7) is 6.65. The molecule has 0 radical (unpaired) electrons. The van der Waals surface area contributed by atoms with Crippen molar-refractivity contribution in [2.24, 2.45) is 0 Å². The second-order valence-electron chi connectivity index (χ2n) is 6.53. The summed E-state index contributed by atoms with van der Waals surface area (Å²) in [5.41, 5.74) is 3.50. The van der Waals surface area contributed by atoms with Gasteiger partial charge in [-0.1, -0.05) is 26.0 Å². The van der Waals surface area contributed by atoms with Crippen LogP contribution in [0.3, 0.4) is 0 Å². The number of urea groups is 1. The molecule has 2 amide bonds. The molecule has 0 fully saturated rings. The normalized spacial score (nSPS) is 10.8. The molecule has 2 heterocycles. The van der Waals surface area contributed by atoms with E-state index in [1.54, 1.807) is 17.5 Å². The van der Waals surface area contributed by atoms with Gasteiger partial charge in [0, 0.05) is 41.7 Å². The zero-order valence-electron chi connectivity index (χ0n) is 15.7. The number of carbonyl (C=O) groups excluding carboxylic acids is 1. The van der Waals surface area contributed by atoms with Crippen LogP contribution in [0.5, 0.6) is 0 Å². The van der Waals surface area contributed by atoms with Crippen molar-refractivity contribution in [3.8, 4) is 11.3 Å². The molecule has 0 saturated carbocycles. The zero-order chi connectivity index (χ0) is 19.2. The van der Waals surface area contributed by atoms with Crippen molar-refractivity contribution < 1.29 is 4.79 Å². The molecule has 2 aromatic heterocycles. The smallest absolute Gasteiger partial charge is 0.319 e. The van der Waals surface area contributed by atoms with E-state index in [2.05, 4.69) is 44.8 Å². The summed E-state index contributed by atoms with van der Waals surface area (Å²) in [7, 11) is 0. The molecule has 0 bridgehead atoms. The number of aromatic nitrogens is 3. The Morgan fingerprint density at radius 3 is 2.81 bits per heavy atom. The van der Waals surface area contributed by atoms with Crippen molar-refractivity contribution in [1.29, 1.82) is 0 Å². The molecule has 3 rings (SSSR count). The van der Waals surface area contributed by atoms with Crippen LogP contribution in [-0.4, -0.2) is 27.5 Å². The number of hydrogen-bond donors (Lipinski definition) is 2. The Labute approximate surface area is 163 Å². The maximum Gasteiger partial charge on any atom is 0.319 e. The van der Waals surface area contributed by atoms with Gasteiger partial charge < -0.3 is 10.6 Å². The molecule has 0 aliphatic carbocycles. The molecule has 6 nitrogen and oxygen atoms in total. The molecule has 1 aromatic carbocycles. The Kier molecular flexibility index (Phi) is 6.13. The van der Waals surface area contributed by atoms with Crippen LogP contribution in [0.1, 0.15) is 36.3 Å². The van der Waals surface area contributed by atoms with E-state index in [9.17, 15) is 4.79 Å². The van der Waals surface area contributed by atoms with Crippen LogP contribution in [0.15, 0.2) is 41.9 Å². The number of amides is 2. The molecular weight excluding hydrogens is 358 g/mol. The van der Waals surface area contributed by atoms with Gasteiger partial charge in [0.25, 0.3) is 0 Å². The highest BCUT2D eigenvalue weighted by molar-refractivity contribution is 7.09. The Morgan fingerprint density at radius 1 is 1.22 bits per heavy atom. The van der Waals surface area contributed by atoms with E-state index >= 15 is 0 Å². The molecule has 2 N–H and O–H groups in total. The summed E-state index contributed by atoms with van der Waals surface area (Å²) in [5, 5.41) is 8.93. The number of benzene rings is 1. The first kappa shape index (κ1) is 19.0. The molecule has 0 aliphatic heterocycles. The third-order valence-electron chi connectivity index (χ3n) is 3.92. The average Bonchev–Trinajstić information content (AvgIpc) is 3.11. The number of thiazole rings is 1. The van der Waals surface area contributed by atoms with Gasteiger partial charge in [0.05, 0.1) is 16.4 Å². The molecule has 3 aromatic rings. The zero-order valence-corrected chi connectivity index (χ0v) is 16.5.